The van der Waals surface area contributed by atoms with Crippen LogP contribution in [0.15, 0.2) is 71.4 Å². The zero-order valence-electron chi connectivity index (χ0n) is 18.7. The number of amides is 1. The molecule has 0 bridgehead atoms. The average molecular weight is 486 g/mol. The molecule has 35 heavy (non-hydrogen) atoms. The van der Waals surface area contributed by atoms with E-state index in [0.717, 1.165) is 17.7 Å². The first-order chi connectivity index (χ1) is 16.7. The van der Waals surface area contributed by atoms with Crippen LogP contribution in [0.3, 0.4) is 0 Å². The second-order valence-electron chi connectivity index (χ2n) is 7.58. The van der Waals surface area contributed by atoms with Gasteiger partial charge in [-0.25, -0.2) is 0 Å². The molecule has 4 rings (SSSR count). The summed E-state index contributed by atoms with van der Waals surface area (Å²) in [6, 6.07) is 15.8. The molecule has 0 aliphatic rings. The summed E-state index contributed by atoms with van der Waals surface area (Å²) in [5.74, 6) is 0.466. The van der Waals surface area contributed by atoms with Crippen molar-refractivity contribution in [1.29, 1.82) is 0 Å². The largest absolute Gasteiger partial charge is 0.573 e. The number of alkyl halides is 3. The molecule has 1 N–H and O–H groups in total. The summed E-state index contributed by atoms with van der Waals surface area (Å²) >= 11 is 0. The fraction of sp³-hybridized carbons (Fsp3) is 0.208. The lowest BCUT2D eigenvalue weighted by molar-refractivity contribution is -0.274. The van der Waals surface area contributed by atoms with Gasteiger partial charge in [-0.05, 0) is 61.0 Å². The van der Waals surface area contributed by atoms with Gasteiger partial charge in [-0.15, -0.1) is 13.2 Å². The van der Waals surface area contributed by atoms with Crippen LogP contribution in [-0.4, -0.2) is 34.1 Å². The number of hydrogen-bond acceptors (Lipinski definition) is 6. The predicted octanol–water partition coefficient (Wildman–Crippen LogP) is 4.99. The molecule has 0 unspecified atom stereocenters. The Morgan fingerprint density at radius 2 is 1.89 bits per heavy atom. The number of benzene rings is 2. The molecule has 0 aliphatic carbocycles. The quantitative estimate of drug-likeness (QED) is 0.377. The van der Waals surface area contributed by atoms with E-state index in [1.165, 1.54) is 12.1 Å². The maximum atomic E-state index is 12.7. The van der Waals surface area contributed by atoms with Crippen molar-refractivity contribution in [3.8, 4) is 34.5 Å². The average Bonchev–Trinajstić information content (AvgIpc) is 3.48. The molecule has 8 nitrogen and oxygen atoms in total. The van der Waals surface area contributed by atoms with Crippen LogP contribution in [0.5, 0.6) is 11.5 Å². The number of hydrogen-bond donors (Lipinski definition) is 1. The molecule has 2 aromatic heterocycles. The van der Waals surface area contributed by atoms with Crippen LogP contribution in [-0.2, 0) is 11.3 Å². The van der Waals surface area contributed by atoms with Crippen molar-refractivity contribution < 1.29 is 32.0 Å². The van der Waals surface area contributed by atoms with Gasteiger partial charge >= 0.3 is 6.36 Å². The van der Waals surface area contributed by atoms with Crippen molar-refractivity contribution in [2.45, 2.75) is 25.9 Å². The highest BCUT2D eigenvalue weighted by Crippen LogP contribution is 2.27. The molecular formula is C24H21F3N4O4. The summed E-state index contributed by atoms with van der Waals surface area (Å²) < 4.78 is 53.1. The van der Waals surface area contributed by atoms with Crippen molar-refractivity contribution in [3.63, 3.8) is 0 Å². The number of aromatic nitrogens is 3. The third-order valence-corrected chi connectivity index (χ3v) is 5.11. The van der Waals surface area contributed by atoms with Gasteiger partial charge in [0, 0.05) is 11.8 Å². The Labute approximate surface area is 198 Å². The van der Waals surface area contributed by atoms with Crippen LogP contribution in [0.25, 0.3) is 23.0 Å². The van der Waals surface area contributed by atoms with E-state index in [-0.39, 0.29) is 36.0 Å². The molecule has 11 heteroatoms. The Bertz CT molecular complexity index is 1300. The normalized spacial score (nSPS) is 12.3. The van der Waals surface area contributed by atoms with E-state index in [4.69, 9.17) is 9.26 Å². The lowest BCUT2D eigenvalue weighted by Gasteiger charge is -2.16. The predicted molar refractivity (Wildman–Crippen MR) is 119 cm³/mol. The minimum atomic E-state index is -4.77. The molecular weight excluding hydrogens is 465 g/mol. The van der Waals surface area contributed by atoms with E-state index in [1.807, 2.05) is 31.2 Å². The topological polar surface area (TPSA) is 91.4 Å². The highest BCUT2D eigenvalue weighted by atomic mass is 19.4. The Hall–Kier alpha value is -4.28. The number of rotatable bonds is 8. The molecule has 0 fully saturated rings. The fourth-order valence-corrected chi connectivity index (χ4v) is 3.43. The number of nitrogens with one attached hydrogen (secondary N) is 1. The molecule has 182 valence electrons. The first-order valence-electron chi connectivity index (χ1n) is 10.5. The van der Waals surface area contributed by atoms with Gasteiger partial charge in [0.1, 0.15) is 23.7 Å². The van der Waals surface area contributed by atoms with E-state index in [2.05, 4.69) is 20.2 Å². The molecule has 2 heterocycles. The summed E-state index contributed by atoms with van der Waals surface area (Å²) in [7, 11) is 1.58. The summed E-state index contributed by atoms with van der Waals surface area (Å²) in [5.41, 5.74) is 1.86. The maximum Gasteiger partial charge on any atom is 0.573 e. The van der Waals surface area contributed by atoms with Gasteiger partial charge in [0.15, 0.2) is 0 Å². The van der Waals surface area contributed by atoms with E-state index >= 15 is 0 Å². The first-order valence-corrected chi connectivity index (χ1v) is 10.5. The van der Waals surface area contributed by atoms with Gasteiger partial charge < -0.3 is 23.9 Å². The molecule has 0 aliphatic heterocycles. The molecule has 4 aromatic rings. The number of halogens is 3. The summed E-state index contributed by atoms with van der Waals surface area (Å²) in [6.07, 6.45) is -3.07. The van der Waals surface area contributed by atoms with Gasteiger partial charge in [-0.2, -0.15) is 4.98 Å². The lowest BCUT2D eigenvalue weighted by Crippen LogP contribution is -2.30. The van der Waals surface area contributed by atoms with Crippen LogP contribution in [0, 0.1) is 0 Å². The summed E-state index contributed by atoms with van der Waals surface area (Å²) in [6.45, 7) is 1.89. The van der Waals surface area contributed by atoms with Crippen LogP contribution >= 0.6 is 0 Å². The second kappa shape index (κ2) is 9.92. The molecule has 0 saturated carbocycles. The highest BCUT2D eigenvalue weighted by Gasteiger charge is 2.31. The SMILES string of the molecule is COc1cccc([C@H](C)NC(=O)Cn2cccc2-c2nc(-c3ccc(OC(F)(F)F)cc3)no2)c1. The number of ether oxygens (including phenoxy) is 2. The van der Waals surface area contributed by atoms with E-state index in [1.54, 1.807) is 30.0 Å². The number of nitrogens with zero attached hydrogens (tertiary/aromatic N) is 3. The standard InChI is InChI=1S/C24H21F3N4O4/c1-15(17-5-3-6-19(13-17)33-2)28-21(32)14-31-12-4-7-20(31)23-29-22(30-35-23)16-8-10-18(11-9-16)34-24(25,26)27/h3-13,15H,14H2,1-2H3,(H,28,32)/t15-/m0/s1. The van der Waals surface area contributed by atoms with Crippen molar-refractivity contribution in [2.24, 2.45) is 0 Å². The zero-order chi connectivity index (χ0) is 25.0. The van der Waals surface area contributed by atoms with Gasteiger partial charge in [0.05, 0.1) is 13.2 Å². The van der Waals surface area contributed by atoms with Crippen molar-refractivity contribution in [3.05, 3.63) is 72.4 Å². The Morgan fingerprint density at radius 1 is 1.11 bits per heavy atom. The zero-order valence-corrected chi connectivity index (χ0v) is 18.7. The Kier molecular flexibility index (Phi) is 6.76. The maximum absolute atomic E-state index is 12.7. The molecule has 0 radical (unpaired) electrons. The van der Waals surface area contributed by atoms with E-state index < -0.39 is 6.36 Å². The van der Waals surface area contributed by atoms with Crippen LogP contribution in [0.2, 0.25) is 0 Å². The van der Waals surface area contributed by atoms with Crippen LogP contribution < -0.4 is 14.8 Å². The summed E-state index contributed by atoms with van der Waals surface area (Å²) in [5, 5.41) is 6.84. The molecule has 0 saturated heterocycles. The molecule has 0 spiro atoms. The van der Waals surface area contributed by atoms with Gasteiger partial charge in [0.2, 0.25) is 11.7 Å². The first kappa shape index (κ1) is 23.9. The summed E-state index contributed by atoms with van der Waals surface area (Å²) in [4.78, 5) is 17.0. The highest BCUT2D eigenvalue weighted by molar-refractivity contribution is 5.77. The van der Waals surface area contributed by atoms with Gasteiger partial charge in [-0.3, -0.25) is 4.79 Å². The lowest BCUT2D eigenvalue weighted by atomic mass is 10.1. The number of methoxy groups -OCH3 is 1. The van der Waals surface area contributed by atoms with Crippen molar-refractivity contribution in [2.75, 3.05) is 7.11 Å². The molecule has 1 atom stereocenters. The molecule has 2 aromatic carbocycles. The third-order valence-electron chi connectivity index (χ3n) is 5.11. The van der Waals surface area contributed by atoms with Crippen LogP contribution in [0.4, 0.5) is 13.2 Å². The third kappa shape index (κ3) is 5.99. The number of carbonyl (C=O) groups is 1. The smallest absolute Gasteiger partial charge is 0.497 e. The minimum Gasteiger partial charge on any atom is -0.497 e. The number of carbonyl (C=O) groups excluding carboxylic acids is 1. The van der Waals surface area contributed by atoms with E-state index in [0.29, 0.717) is 17.0 Å². The second-order valence-corrected chi connectivity index (χ2v) is 7.58. The van der Waals surface area contributed by atoms with Crippen LogP contribution in [0.1, 0.15) is 18.5 Å². The Balaban J connectivity index is 1.43. The van der Waals surface area contributed by atoms with Crippen molar-refractivity contribution >= 4 is 5.91 Å². The van der Waals surface area contributed by atoms with Gasteiger partial charge in [0.25, 0.3) is 5.89 Å². The van der Waals surface area contributed by atoms with E-state index in [9.17, 15) is 18.0 Å². The fourth-order valence-electron chi connectivity index (χ4n) is 3.43. The minimum absolute atomic E-state index is 0.0117. The van der Waals surface area contributed by atoms with Crippen molar-refractivity contribution in [1.82, 2.24) is 20.0 Å². The Morgan fingerprint density at radius 3 is 2.60 bits per heavy atom. The monoisotopic (exact) mass is 486 g/mol. The van der Waals surface area contributed by atoms with Gasteiger partial charge in [-0.1, -0.05) is 17.3 Å². The molecule has 1 amide bonds.